The van der Waals surface area contributed by atoms with Gasteiger partial charge in [-0.05, 0) is 92.7 Å². The largest absolute Gasteiger partial charge is 0.494 e. The highest BCUT2D eigenvalue weighted by molar-refractivity contribution is 5.29. The first-order valence-corrected chi connectivity index (χ1v) is 14.4. The average molecular weight is 452 g/mol. The maximum absolute atomic E-state index is 9.93. The van der Waals surface area contributed by atoms with Crippen molar-refractivity contribution in [2.24, 2.45) is 23.7 Å². The number of nitrogens with zero attached hydrogens (tertiary/aromatic N) is 1. The summed E-state index contributed by atoms with van der Waals surface area (Å²) in [6.07, 6.45) is 20.8. The van der Waals surface area contributed by atoms with Gasteiger partial charge in [-0.15, -0.1) is 0 Å². The Morgan fingerprint density at radius 3 is 2.09 bits per heavy atom. The Kier molecular flexibility index (Phi) is 11.6. The third-order valence-electron chi connectivity index (χ3n) is 8.64. The minimum absolute atomic E-state index is 0.298. The van der Waals surface area contributed by atoms with E-state index in [-0.39, 0.29) is 0 Å². The highest BCUT2D eigenvalue weighted by atomic mass is 16.5. The smallest absolute Gasteiger partial charge is 0.119 e. The van der Waals surface area contributed by atoms with Crippen LogP contribution in [-0.2, 0) is 0 Å². The molecule has 33 heavy (non-hydrogen) atoms. The summed E-state index contributed by atoms with van der Waals surface area (Å²) in [7, 11) is 0. The molecule has 0 spiro atoms. The molecule has 0 N–H and O–H groups in total. The molecule has 2 aliphatic rings. The number of unbranched alkanes of at least 4 members (excludes halogenated alkanes) is 4. The van der Waals surface area contributed by atoms with Crippen molar-refractivity contribution in [2.75, 3.05) is 6.61 Å². The molecule has 1 unspecified atom stereocenters. The van der Waals surface area contributed by atoms with Gasteiger partial charge in [-0.3, -0.25) is 0 Å². The molecule has 0 amide bonds. The predicted molar refractivity (Wildman–Crippen MR) is 139 cm³/mol. The standard InChI is InChI=1S/C31H49NO/c1-3-5-7-9-25-10-14-29(15-11-25)30(24-32)23-26-12-16-27(17-13-26)28-18-20-31(21-19-28)33-22-8-6-4-2/h18-21,25-27,29-30H,3-17,22-23H2,1-2H3/t25-,26-,27-,29-,30?. The van der Waals surface area contributed by atoms with Crippen LogP contribution in [0, 0.1) is 35.0 Å². The van der Waals surface area contributed by atoms with Gasteiger partial charge in [-0.25, -0.2) is 0 Å². The monoisotopic (exact) mass is 451 g/mol. The third-order valence-corrected chi connectivity index (χ3v) is 8.64. The molecule has 0 aliphatic heterocycles. The molecule has 0 heterocycles. The van der Waals surface area contributed by atoms with E-state index >= 15 is 0 Å². The fraction of sp³-hybridized carbons (Fsp3) is 0.774. The van der Waals surface area contributed by atoms with Gasteiger partial charge in [0.25, 0.3) is 0 Å². The Hall–Kier alpha value is -1.49. The first-order chi connectivity index (χ1) is 16.2. The summed E-state index contributed by atoms with van der Waals surface area (Å²) < 4.78 is 5.88. The summed E-state index contributed by atoms with van der Waals surface area (Å²) in [4.78, 5) is 0. The van der Waals surface area contributed by atoms with Crippen LogP contribution in [-0.4, -0.2) is 6.61 Å². The fourth-order valence-corrected chi connectivity index (χ4v) is 6.38. The van der Waals surface area contributed by atoms with Gasteiger partial charge in [-0.1, -0.05) is 77.3 Å². The van der Waals surface area contributed by atoms with E-state index in [0.29, 0.717) is 17.8 Å². The molecule has 0 saturated heterocycles. The molecule has 2 fully saturated rings. The van der Waals surface area contributed by atoms with E-state index in [1.165, 1.54) is 95.5 Å². The van der Waals surface area contributed by atoms with Gasteiger partial charge in [0.05, 0.1) is 12.7 Å². The SMILES string of the molecule is CCCCCOc1ccc([C@H]2CC[C@H](CC(C#N)[C@H]3CC[C@H](CCCCC)CC3)CC2)cc1. The fourth-order valence-electron chi connectivity index (χ4n) is 6.38. The van der Waals surface area contributed by atoms with Crippen molar-refractivity contribution < 1.29 is 4.74 Å². The summed E-state index contributed by atoms with van der Waals surface area (Å²) in [5.41, 5.74) is 1.48. The van der Waals surface area contributed by atoms with Crippen LogP contribution in [0.15, 0.2) is 24.3 Å². The number of ether oxygens (including phenoxy) is 1. The molecule has 1 aromatic carbocycles. The van der Waals surface area contributed by atoms with Gasteiger partial charge in [0, 0.05) is 5.92 Å². The molecule has 2 nitrogen and oxygen atoms in total. The molecule has 2 heteroatoms. The summed E-state index contributed by atoms with van der Waals surface area (Å²) >= 11 is 0. The van der Waals surface area contributed by atoms with Crippen LogP contribution in [0.2, 0.25) is 0 Å². The van der Waals surface area contributed by atoms with Crippen molar-refractivity contribution in [1.82, 2.24) is 0 Å². The van der Waals surface area contributed by atoms with E-state index in [4.69, 9.17) is 4.74 Å². The van der Waals surface area contributed by atoms with Crippen molar-refractivity contribution >= 4 is 0 Å². The topological polar surface area (TPSA) is 33.0 Å². The predicted octanol–water partition coefficient (Wildman–Crippen LogP) is 9.45. The van der Waals surface area contributed by atoms with Gasteiger partial charge < -0.3 is 4.74 Å². The first-order valence-electron chi connectivity index (χ1n) is 14.4. The van der Waals surface area contributed by atoms with Gasteiger partial charge in [0.15, 0.2) is 0 Å². The molecule has 2 aliphatic carbocycles. The second-order valence-electron chi connectivity index (χ2n) is 11.1. The molecular weight excluding hydrogens is 402 g/mol. The molecular formula is C31H49NO. The Morgan fingerprint density at radius 1 is 0.818 bits per heavy atom. The molecule has 3 rings (SSSR count). The molecule has 1 aromatic rings. The Balaban J connectivity index is 1.37. The summed E-state index contributed by atoms with van der Waals surface area (Å²) in [6, 6.07) is 11.7. The number of rotatable bonds is 13. The third kappa shape index (κ3) is 8.66. The Labute approximate surface area is 204 Å². The minimum Gasteiger partial charge on any atom is -0.494 e. The highest BCUT2D eigenvalue weighted by Gasteiger charge is 2.31. The first kappa shape index (κ1) is 26.1. The zero-order valence-electron chi connectivity index (χ0n) is 21.6. The lowest BCUT2D eigenvalue weighted by atomic mass is 9.70. The zero-order valence-corrected chi connectivity index (χ0v) is 21.6. The molecule has 0 aromatic heterocycles. The molecule has 0 bridgehead atoms. The minimum atomic E-state index is 0.298. The Morgan fingerprint density at radius 2 is 1.45 bits per heavy atom. The van der Waals surface area contributed by atoms with Crippen LogP contribution in [0.5, 0.6) is 5.75 Å². The van der Waals surface area contributed by atoms with Crippen LogP contribution >= 0.6 is 0 Å². The lowest BCUT2D eigenvalue weighted by molar-refractivity contribution is 0.187. The van der Waals surface area contributed by atoms with Gasteiger partial charge >= 0.3 is 0 Å². The lowest BCUT2D eigenvalue weighted by Crippen LogP contribution is -2.24. The van der Waals surface area contributed by atoms with Gasteiger partial charge in [0.2, 0.25) is 0 Å². The molecule has 0 radical (unpaired) electrons. The van der Waals surface area contributed by atoms with Crippen LogP contribution in [0.1, 0.15) is 128 Å². The van der Waals surface area contributed by atoms with E-state index in [1.807, 2.05) is 0 Å². The van der Waals surface area contributed by atoms with E-state index < -0.39 is 0 Å². The quantitative estimate of drug-likeness (QED) is 0.280. The second-order valence-corrected chi connectivity index (χ2v) is 11.1. The van der Waals surface area contributed by atoms with Crippen LogP contribution < -0.4 is 4.74 Å². The normalized spacial score (nSPS) is 26.5. The van der Waals surface area contributed by atoms with Crippen molar-refractivity contribution in [2.45, 2.75) is 122 Å². The number of nitriles is 1. The summed E-state index contributed by atoms with van der Waals surface area (Å²) in [5, 5.41) is 9.93. The average Bonchev–Trinajstić information content (AvgIpc) is 2.87. The maximum Gasteiger partial charge on any atom is 0.119 e. The van der Waals surface area contributed by atoms with Crippen LogP contribution in [0.25, 0.3) is 0 Å². The maximum atomic E-state index is 9.93. The number of hydrogen-bond donors (Lipinski definition) is 0. The zero-order chi connectivity index (χ0) is 23.3. The van der Waals surface area contributed by atoms with Crippen molar-refractivity contribution in [3.63, 3.8) is 0 Å². The van der Waals surface area contributed by atoms with E-state index in [0.717, 1.165) is 37.0 Å². The molecule has 2 saturated carbocycles. The molecule has 184 valence electrons. The number of benzene rings is 1. The van der Waals surface area contributed by atoms with Crippen LogP contribution in [0.3, 0.4) is 0 Å². The van der Waals surface area contributed by atoms with E-state index in [1.54, 1.807) is 0 Å². The highest BCUT2D eigenvalue weighted by Crippen LogP contribution is 2.42. The van der Waals surface area contributed by atoms with Crippen molar-refractivity contribution in [3.05, 3.63) is 29.8 Å². The van der Waals surface area contributed by atoms with Gasteiger partial charge in [0.1, 0.15) is 5.75 Å². The van der Waals surface area contributed by atoms with Gasteiger partial charge in [-0.2, -0.15) is 5.26 Å². The van der Waals surface area contributed by atoms with Crippen molar-refractivity contribution in [3.8, 4) is 11.8 Å². The second kappa shape index (κ2) is 14.7. The van der Waals surface area contributed by atoms with E-state index in [9.17, 15) is 5.26 Å². The number of hydrogen-bond acceptors (Lipinski definition) is 2. The lowest BCUT2D eigenvalue weighted by Gasteiger charge is -2.34. The van der Waals surface area contributed by atoms with E-state index in [2.05, 4.69) is 44.2 Å². The van der Waals surface area contributed by atoms with Crippen molar-refractivity contribution in [1.29, 1.82) is 5.26 Å². The Bertz CT molecular complexity index is 674. The molecule has 1 atom stereocenters. The van der Waals surface area contributed by atoms with Crippen LogP contribution in [0.4, 0.5) is 0 Å². The summed E-state index contributed by atoms with van der Waals surface area (Å²) in [5.74, 6) is 4.37. The summed E-state index contributed by atoms with van der Waals surface area (Å²) in [6.45, 7) is 5.35.